The molecule has 2 aromatic rings. The molecule has 0 fully saturated rings. The standard InChI is InChI=1S/C13H14BrNO2S2/c1-9-3-4-13(10(2)5-9)19(16,17)15-7-12-6-11(14)8-18-12/h3-6,8,15H,7H2,1-2H3. The molecule has 1 aromatic heterocycles. The van der Waals surface area contributed by atoms with Crippen LogP contribution in [0.4, 0.5) is 0 Å². The Balaban J connectivity index is 2.18. The quantitative estimate of drug-likeness (QED) is 0.906. The summed E-state index contributed by atoms with van der Waals surface area (Å²) in [5.41, 5.74) is 1.82. The van der Waals surface area contributed by atoms with Crippen molar-refractivity contribution < 1.29 is 8.42 Å². The molecule has 0 aliphatic carbocycles. The van der Waals surface area contributed by atoms with Crippen molar-refractivity contribution in [1.29, 1.82) is 0 Å². The van der Waals surface area contributed by atoms with E-state index in [9.17, 15) is 8.42 Å². The van der Waals surface area contributed by atoms with Gasteiger partial charge in [-0.1, -0.05) is 17.7 Å². The minimum Gasteiger partial charge on any atom is -0.207 e. The van der Waals surface area contributed by atoms with E-state index < -0.39 is 10.0 Å². The molecule has 0 amide bonds. The summed E-state index contributed by atoms with van der Waals surface area (Å²) < 4.78 is 28.1. The van der Waals surface area contributed by atoms with E-state index in [1.165, 1.54) is 11.3 Å². The van der Waals surface area contributed by atoms with Gasteiger partial charge in [0, 0.05) is 21.3 Å². The van der Waals surface area contributed by atoms with Crippen molar-refractivity contribution in [3.8, 4) is 0 Å². The Bertz CT molecular complexity index is 692. The Morgan fingerprint density at radius 1 is 1.26 bits per heavy atom. The molecule has 0 bridgehead atoms. The second kappa shape index (κ2) is 5.75. The van der Waals surface area contributed by atoms with Gasteiger partial charge in [0.15, 0.2) is 0 Å². The van der Waals surface area contributed by atoms with Gasteiger partial charge in [0.25, 0.3) is 0 Å². The predicted molar refractivity (Wildman–Crippen MR) is 82.0 cm³/mol. The van der Waals surface area contributed by atoms with E-state index in [2.05, 4.69) is 20.7 Å². The molecule has 19 heavy (non-hydrogen) atoms. The summed E-state index contributed by atoms with van der Waals surface area (Å²) in [7, 11) is -3.46. The highest BCUT2D eigenvalue weighted by atomic mass is 79.9. The van der Waals surface area contributed by atoms with Crippen LogP contribution in [0.1, 0.15) is 16.0 Å². The Kier molecular flexibility index (Phi) is 4.45. The molecule has 0 radical (unpaired) electrons. The zero-order valence-corrected chi connectivity index (χ0v) is 13.8. The highest BCUT2D eigenvalue weighted by Gasteiger charge is 2.16. The average molecular weight is 360 g/mol. The molecule has 3 nitrogen and oxygen atoms in total. The van der Waals surface area contributed by atoms with Crippen LogP contribution in [-0.2, 0) is 16.6 Å². The van der Waals surface area contributed by atoms with Crippen LogP contribution in [0, 0.1) is 13.8 Å². The second-order valence-electron chi connectivity index (χ2n) is 4.32. The van der Waals surface area contributed by atoms with Gasteiger partial charge in [-0.15, -0.1) is 11.3 Å². The van der Waals surface area contributed by atoms with Crippen LogP contribution in [0.2, 0.25) is 0 Å². The first-order valence-corrected chi connectivity index (χ1v) is 8.84. The maximum atomic E-state index is 12.2. The fraction of sp³-hybridized carbons (Fsp3) is 0.231. The number of aryl methyl sites for hydroxylation is 2. The lowest BCUT2D eigenvalue weighted by Crippen LogP contribution is -2.23. The van der Waals surface area contributed by atoms with Gasteiger partial charge in [0.1, 0.15) is 0 Å². The molecule has 0 aliphatic rings. The van der Waals surface area contributed by atoms with Crippen LogP contribution in [0.3, 0.4) is 0 Å². The van der Waals surface area contributed by atoms with Crippen LogP contribution >= 0.6 is 27.3 Å². The van der Waals surface area contributed by atoms with Gasteiger partial charge in [-0.05, 0) is 47.5 Å². The summed E-state index contributed by atoms with van der Waals surface area (Å²) >= 11 is 4.87. The zero-order chi connectivity index (χ0) is 14.0. The molecule has 0 saturated carbocycles. The SMILES string of the molecule is Cc1ccc(S(=O)(=O)NCc2cc(Br)cs2)c(C)c1. The van der Waals surface area contributed by atoms with E-state index in [0.717, 1.165) is 20.5 Å². The largest absolute Gasteiger partial charge is 0.241 e. The molecular weight excluding hydrogens is 346 g/mol. The third-order valence-electron chi connectivity index (χ3n) is 2.68. The van der Waals surface area contributed by atoms with Crippen molar-refractivity contribution in [3.63, 3.8) is 0 Å². The summed E-state index contributed by atoms with van der Waals surface area (Å²) in [6.45, 7) is 4.06. The van der Waals surface area contributed by atoms with Gasteiger partial charge < -0.3 is 0 Å². The third kappa shape index (κ3) is 3.66. The van der Waals surface area contributed by atoms with Crippen LogP contribution in [0.15, 0.2) is 39.0 Å². The molecule has 0 aliphatic heterocycles. The van der Waals surface area contributed by atoms with Crippen LogP contribution < -0.4 is 4.72 Å². The van der Waals surface area contributed by atoms with Crippen molar-refractivity contribution >= 4 is 37.3 Å². The first kappa shape index (κ1) is 14.7. The summed E-state index contributed by atoms with van der Waals surface area (Å²) in [5, 5.41) is 1.93. The second-order valence-corrected chi connectivity index (χ2v) is 7.97. The first-order valence-electron chi connectivity index (χ1n) is 5.68. The van der Waals surface area contributed by atoms with Gasteiger partial charge in [-0.25, -0.2) is 13.1 Å². The number of hydrogen-bond donors (Lipinski definition) is 1. The van der Waals surface area contributed by atoms with Crippen molar-refractivity contribution in [1.82, 2.24) is 4.72 Å². The molecule has 1 heterocycles. The van der Waals surface area contributed by atoms with Crippen molar-refractivity contribution in [2.45, 2.75) is 25.3 Å². The topological polar surface area (TPSA) is 46.2 Å². The number of rotatable bonds is 4. The molecular formula is C13H14BrNO2S2. The molecule has 0 atom stereocenters. The Morgan fingerprint density at radius 2 is 2.00 bits per heavy atom. The number of thiophene rings is 1. The van der Waals surface area contributed by atoms with E-state index in [-0.39, 0.29) is 0 Å². The lowest BCUT2D eigenvalue weighted by atomic mass is 10.2. The number of benzene rings is 1. The molecule has 0 unspecified atom stereocenters. The Labute approximate surface area is 125 Å². The van der Waals surface area contributed by atoms with Crippen LogP contribution in [0.25, 0.3) is 0 Å². The lowest BCUT2D eigenvalue weighted by molar-refractivity contribution is 0.581. The summed E-state index contributed by atoms with van der Waals surface area (Å²) in [6.07, 6.45) is 0. The van der Waals surface area contributed by atoms with Crippen molar-refractivity contribution in [3.05, 3.63) is 50.1 Å². The van der Waals surface area contributed by atoms with Gasteiger partial charge >= 0.3 is 0 Å². The Morgan fingerprint density at radius 3 is 2.58 bits per heavy atom. The molecule has 6 heteroatoms. The maximum Gasteiger partial charge on any atom is 0.241 e. The van der Waals surface area contributed by atoms with Gasteiger partial charge in [0.2, 0.25) is 10.0 Å². The summed E-state index contributed by atoms with van der Waals surface area (Å²) in [4.78, 5) is 1.31. The molecule has 2 rings (SSSR count). The zero-order valence-electron chi connectivity index (χ0n) is 10.6. The smallest absolute Gasteiger partial charge is 0.207 e. The number of sulfonamides is 1. The highest BCUT2D eigenvalue weighted by molar-refractivity contribution is 9.10. The van der Waals surface area contributed by atoms with Crippen LogP contribution in [-0.4, -0.2) is 8.42 Å². The molecule has 0 saturated heterocycles. The van der Waals surface area contributed by atoms with E-state index in [1.807, 2.05) is 37.4 Å². The first-order chi connectivity index (χ1) is 8.88. The minimum absolute atomic E-state index is 0.311. The minimum atomic E-state index is -3.46. The van der Waals surface area contributed by atoms with Gasteiger partial charge in [-0.3, -0.25) is 0 Å². The van der Waals surface area contributed by atoms with Crippen molar-refractivity contribution in [2.24, 2.45) is 0 Å². The third-order valence-corrected chi connectivity index (χ3v) is 5.94. The number of hydrogen-bond acceptors (Lipinski definition) is 3. The fourth-order valence-corrected chi connectivity index (χ4v) is 4.50. The molecule has 1 aromatic carbocycles. The molecule has 102 valence electrons. The Hall–Kier alpha value is -0.690. The number of nitrogens with one attached hydrogen (secondary N) is 1. The summed E-state index contributed by atoms with van der Waals surface area (Å²) in [5.74, 6) is 0. The highest BCUT2D eigenvalue weighted by Crippen LogP contribution is 2.21. The molecule has 1 N–H and O–H groups in total. The van der Waals surface area contributed by atoms with Gasteiger partial charge in [-0.2, -0.15) is 0 Å². The van der Waals surface area contributed by atoms with Crippen molar-refractivity contribution in [2.75, 3.05) is 0 Å². The predicted octanol–water partition coefficient (Wildman–Crippen LogP) is 3.61. The number of halogens is 1. The van der Waals surface area contributed by atoms with E-state index in [0.29, 0.717) is 11.4 Å². The molecule has 0 spiro atoms. The monoisotopic (exact) mass is 359 g/mol. The average Bonchev–Trinajstić information content (AvgIpc) is 2.72. The lowest BCUT2D eigenvalue weighted by Gasteiger charge is -2.09. The normalized spacial score (nSPS) is 11.7. The van der Waals surface area contributed by atoms with E-state index in [1.54, 1.807) is 6.07 Å². The fourth-order valence-electron chi connectivity index (χ4n) is 1.79. The van der Waals surface area contributed by atoms with Gasteiger partial charge in [0.05, 0.1) is 4.90 Å². The van der Waals surface area contributed by atoms with E-state index >= 15 is 0 Å². The summed E-state index contributed by atoms with van der Waals surface area (Å²) in [6, 6.07) is 7.24. The van der Waals surface area contributed by atoms with E-state index in [4.69, 9.17) is 0 Å². The maximum absolute atomic E-state index is 12.2. The van der Waals surface area contributed by atoms with Crippen LogP contribution in [0.5, 0.6) is 0 Å².